The van der Waals surface area contributed by atoms with Crippen LogP contribution in [0.3, 0.4) is 0 Å². The summed E-state index contributed by atoms with van der Waals surface area (Å²) in [5.74, 6) is 0. The Morgan fingerprint density at radius 3 is 1.65 bits per heavy atom. The topological polar surface area (TPSA) is 29.9 Å². The number of para-hydroxylation sites is 1. The summed E-state index contributed by atoms with van der Waals surface area (Å²) >= 11 is 0. The molecule has 3 heteroatoms. The molecule has 1 heterocycles. The molecule has 0 aliphatic heterocycles. The van der Waals surface area contributed by atoms with Gasteiger partial charge in [0.2, 0.25) is 5.52 Å². The van der Waals surface area contributed by atoms with Crippen molar-refractivity contribution in [1.82, 2.24) is 0 Å². The van der Waals surface area contributed by atoms with Crippen LogP contribution in [0.5, 0.6) is 0 Å². The Bertz CT molecular complexity index is 713. The van der Waals surface area contributed by atoms with Gasteiger partial charge in [-0.3, -0.25) is 0 Å². The number of nitrogen functional groups attached to an aromatic ring is 1. The molecule has 0 amide bonds. The number of unbranched alkanes of at least 4 members (excludes halogenated alkanes) is 15. The first-order chi connectivity index (χ1) is 14.7. The fraction of sp³-hybridized carbons (Fsp3) is 0.679. The zero-order chi connectivity index (χ0) is 21.4. The van der Waals surface area contributed by atoms with Crippen molar-refractivity contribution < 1.29 is 28.5 Å². The van der Waals surface area contributed by atoms with Crippen molar-refractivity contribution in [1.29, 1.82) is 0 Å². The van der Waals surface area contributed by atoms with Gasteiger partial charge in [-0.1, -0.05) is 109 Å². The summed E-state index contributed by atoms with van der Waals surface area (Å²) in [5.41, 5.74) is 9.64. The van der Waals surface area contributed by atoms with Crippen LogP contribution in [0, 0.1) is 6.92 Å². The molecular weight excluding hydrogens is 491 g/mol. The van der Waals surface area contributed by atoms with E-state index in [1.807, 2.05) is 0 Å². The fourth-order valence-electron chi connectivity index (χ4n) is 4.64. The number of nitrogens with two attached hydrogens (primary N) is 1. The summed E-state index contributed by atoms with van der Waals surface area (Å²) in [6, 6.07) is 10.6. The maximum Gasteiger partial charge on any atom is 0.214 e. The van der Waals surface area contributed by atoms with Crippen LogP contribution in [-0.2, 0) is 6.54 Å². The van der Waals surface area contributed by atoms with E-state index < -0.39 is 0 Å². The number of hydrogen-bond acceptors (Lipinski definition) is 1. The minimum atomic E-state index is 0. The van der Waals surface area contributed by atoms with E-state index in [0.29, 0.717) is 0 Å². The first-order valence-corrected chi connectivity index (χ1v) is 12.9. The SMILES string of the molecule is CCCCCCCCCCCCCCCCCC[n+]1c(C)cc(N)c2ccccc21.[I-]. The third-order valence-electron chi connectivity index (χ3n) is 6.53. The second kappa shape index (κ2) is 17.7. The van der Waals surface area contributed by atoms with Crippen LogP contribution in [-0.4, -0.2) is 0 Å². The molecule has 1 aromatic heterocycles. The van der Waals surface area contributed by atoms with E-state index in [0.717, 1.165) is 12.2 Å². The third kappa shape index (κ3) is 11.0. The Kier molecular flexibility index (Phi) is 16.1. The van der Waals surface area contributed by atoms with Gasteiger partial charge in [0.05, 0.1) is 11.1 Å². The lowest BCUT2D eigenvalue weighted by molar-refractivity contribution is -0.677. The second-order valence-electron chi connectivity index (χ2n) is 9.21. The van der Waals surface area contributed by atoms with Crippen molar-refractivity contribution in [3.63, 3.8) is 0 Å². The van der Waals surface area contributed by atoms with Crippen LogP contribution in [0.25, 0.3) is 10.9 Å². The largest absolute Gasteiger partial charge is 1.00 e. The molecule has 176 valence electrons. The predicted molar refractivity (Wildman–Crippen MR) is 133 cm³/mol. The Hall–Kier alpha value is -0.840. The maximum absolute atomic E-state index is 6.20. The Morgan fingerprint density at radius 1 is 0.677 bits per heavy atom. The number of rotatable bonds is 17. The highest BCUT2D eigenvalue weighted by Crippen LogP contribution is 2.19. The summed E-state index contributed by atoms with van der Waals surface area (Å²) < 4.78 is 2.44. The number of pyridine rings is 1. The number of fused-ring (bicyclic) bond motifs is 1. The quantitative estimate of drug-likeness (QED) is 0.166. The first-order valence-electron chi connectivity index (χ1n) is 12.9. The molecule has 2 N–H and O–H groups in total. The van der Waals surface area contributed by atoms with Gasteiger partial charge >= 0.3 is 0 Å². The van der Waals surface area contributed by atoms with Gasteiger partial charge in [-0.05, 0) is 12.5 Å². The molecule has 0 aliphatic rings. The van der Waals surface area contributed by atoms with E-state index in [2.05, 4.69) is 48.7 Å². The monoisotopic (exact) mass is 538 g/mol. The van der Waals surface area contributed by atoms with Crippen molar-refractivity contribution in [2.45, 2.75) is 123 Å². The normalized spacial score (nSPS) is 11.0. The van der Waals surface area contributed by atoms with Crippen LogP contribution >= 0.6 is 0 Å². The minimum absolute atomic E-state index is 0. The highest BCUT2D eigenvalue weighted by atomic mass is 127. The molecule has 1 aromatic carbocycles. The molecule has 0 radical (unpaired) electrons. The summed E-state index contributed by atoms with van der Waals surface area (Å²) in [6.07, 6.45) is 22.7. The van der Waals surface area contributed by atoms with Gasteiger partial charge in [-0.25, -0.2) is 0 Å². The summed E-state index contributed by atoms with van der Waals surface area (Å²) in [7, 11) is 0. The van der Waals surface area contributed by atoms with E-state index in [1.54, 1.807) is 0 Å². The standard InChI is InChI=1S/C28H46N2.HI/c1-3-4-5-6-7-8-9-10-11-12-13-14-15-16-17-20-23-30-25(2)24-27(29)26-21-18-19-22-28(26)30;/h18-19,21-22,24,29H,3-17,20,23H2,1-2H3;1H. The molecule has 0 spiro atoms. The number of halogens is 1. The molecule has 31 heavy (non-hydrogen) atoms. The Labute approximate surface area is 209 Å². The number of anilines is 1. The number of nitrogens with zero attached hydrogens (tertiary/aromatic N) is 1. The summed E-state index contributed by atoms with van der Waals surface area (Å²) in [6.45, 7) is 5.57. The van der Waals surface area contributed by atoms with Crippen LogP contribution < -0.4 is 34.3 Å². The van der Waals surface area contributed by atoms with Crippen LogP contribution in [0.1, 0.15) is 115 Å². The van der Waals surface area contributed by atoms with E-state index >= 15 is 0 Å². The third-order valence-corrected chi connectivity index (χ3v) is 6.53. The minimum Gasteiger partial charge on any atom is -1.00 e. The average molecular weight is 539 g/mol. The smallest absolute Gasteiger partial charge is 0.214 e. The van der Waals surface area contributed by atoms with Gasteiger partial charge in [-0.2, -0.15) is 4.57 Å². The second-order valence-corrected chi connectivity index (χ2v) is 9.21. The lowest BCUT2D eigenvalue weighted by atomic mass is 10.0. The Balaban J connectivity index is 0.00000480. The fourth-order valence-corrected chi connectivity index (χ4v) is 4.64. The summed E-state index contributed by atoms with van der Waals surface area (Å²) in [4.78, 5) is 0. The Morgan fingerprint density at radius 2 is 1.13 bits per heavy atom. The lowest BCUT2D eigenvalue weighted by Crippen LogP contribution is -3.00. The van der Waals surface area contributed by atoms with Crippen LogP contribution in [0.4, 0.5) is 5.69 Å². The number of benzene rings is 1. The maximum atomic E-state index is 6.20. The van der Waals surface area contributed by atoms with Gasteiger partial charge in [0, 0.05) is 25.5 Å². The highest BCUT2D eigenvalue weighted by molar-refractivity contribution is 5.87. The zero-order valence-electron chi connectivity index (χ0n) is 20.3. The molecule has 0 unspecified atom stereocenters. The first kappa shape index (κ1) is 28.2. The molecule has 2 aromatic rings. The lowest BCUT2D eigenvalue weighted by Gasteiger charge is -2.07. The van der Waals surface area contributed by atoms with Gasteiger partial charge < -0.3 is 29.7 Å². The number of aryl methyl sites for hydroxylation is 2. The van der Waals surface area contributed by atoms with Crippen molar-refractivity contribution >= 4 is 16.6 Å². The number of hydrogen-bond donors (Lipinski definition) is 1. The van der Waals surface area contributed by atoms with Gasteiger partial charge in [-0.15, -0.1) is 0 Å². The molecule has 0 fully saturated rings. The van der Waals surface area contributed by atoms with E-state index in [1.165, 1.54) is 119 Å². The highest BCUT2D eigenvalue weighted by Gasteiger charge is 2.14. The molecule has 0 aliphatic carbocycles. The molecule has 0 saturated carbocycles. The van der Waals surface area contributed by atoms with Crippen molar-refractivity contribution in [3.8, 4) is 0 Å². The molecule has 2 nitrogen and oxygen atoms in total. The average Bonchev–Trinajstić information content (AvgIpc) is 2.75. The molecule has 0 bridgehead atoms. The van der Waals surface area contributed by atoms with Crippen molar-refractivity contribution in [3.05, 3.63) is 36.0 Å². The molecule has 0 atom stereocenters. The molecule has 2 rings (SSSR count). The van der Waals surface area contributed by atoms with Crippen molar-refractivity contribution in [2.75, 3.05) is 5.73 Å². The summed E-state index contributed by atoms with van der Waals surface area (Å²) in [5, 5.41) is 1.18. The van der Waals surface area contributed by atoms with E-state index in [9.17, 15) is 0 Å². The zero-order valence-corrected chi connectivity index (χ0v) is 22.5. The van der Waals surface area contributed by atoms with Gasteiger partial charge in [0.15, 0.2) is 5.69 Å². The van der Waals surface area contributed by atoms with Crippen LogP contribution in [0.2, 0.25) is 0 Å². The van der Waals surface area contributed by atoms with E-state index in [-0.39, 0.29) is 24.0 Å². The molecule has 0 saturated heterocycles. The number of aromatic nitrogens is 1. The predicted octanol–water partition coefficient (Wildman–Crippen LogP) is 5.28. The molecular formula is C28H47IN2. The van der Waals surface area contributed by atoms with Crippen molar-refractivity contribution in [2.24, 2.45) is 0 Å². The van der Waals surface area contributed by atoms with Gasteiger partial charge in [0.25, 0.3) is 0 Å². The van der Waals surface area contributed by atoms with Gasteiger partial charge in [0.1, 0.15) is 6.54 Å². The van der Waals surface area contributed by atoms with E-state index in [4.69, 9.17) is 5.73 Å². The van der Waals surface area contributed by atoms with Crippen LogP contribution in [0.15, 0.2) is 30.3 Å².